The highest BCUT2D eigenvalue weighted by Crippen LogP contribution is 2.24. The zero-order valence-electron chi connectivity index (χ0n) is 15.8. The first-order chi connectivity index (χ1) is 13.4. The lowest BCUT2D eigenvalue weighted by Gasteiger charge is -2.18. The van der Waals surface area contributed by atoms with E-state index in [2.05, 4.69) is 0 Å². The SMILES string of the molecule is Cc1ccc(C(=O)[C@@H](OC(=O)Cc2ccc(F)cc2)c2ccc(C)cc2)cc1. The molecule has 4 heteroatoms. The van der Waals surface area contributed by atoms with Gasteiger partial charge < -0.3 is 4.74 Å². The molecule has 3 aromatic rings. The van der Waals surface area contributed by atoms with Crippen molar-refractivity contribution in [3.63, 3.8) is 0 Å². The Labute approximate surface area is 163 Å². The van der Waals surface area contributed by atoms with Crippen LogP contribution in [0.15, 0.2) is 72.8 Å². The topological polar surface area (TPSA) is 43.4 Å². The van der Waals surface area contributed by atoms with Crippen molar-refractivity contribution in [1.29, 1.82) is 0 Å². The van der Waals surface area contributed by atoms with Gasteiger partial charge in [-0.3, -0.25) is 9.59 Å². The Bertz CT molecular complexity index is 958. The molecule has 0 unspecified atom stereocenters. The van der Waals surface area contributed by atoms with Crippen LogP contribution in [0.3, 0.4) is 0 Å². The summed E-state index contributed by atoms with van der Waals surface area (Å²) in [5.74, 6) is -1.20. The number of aryl methyl sites for hydroxylation is 2. The van der Waals surface area contributed by atoms with Crippen molar-refractivity contribution in [2.24, 2.45) is 0 Å². The highest BCUT2D eigenvalue weighted by Gasteiger charge is 2.26. The Morgan fingerprint density at radius 2 is 1.36 bits per heavy atom. The molecule has 0 saturated carbocycles. The van der Waals surface area contributed by atoms with Gasteiger partial charge in [-0.25, -0.2) is 4.39 Å². The molecule has 0 aliphatic carbocycles. The third kappa shape index (κ3) is 4.92. The van der Waals surface area contributed by atoms with Gasteiger partial charge in [0.25, 0.3) is 0 Å². The van der Waals surface area contributed by atoms with E-state index in [1.807, 2.05) is 38.1 Å². The Morgan fingerprint density at radius 3 is 1.93 bits per heavy atom. The molecule has 3 aromatic carbocycles. The standard InChI is InChI=1S/C24H21FO3/c1-16-3-9-19(10-4-16)23(27)24(20-11-5-17(2)6-12-20)28-22(26)15-18-7-13-21(25)14-8-18/h3-14,24H,15H2,1-2H3/t24-/m0/s1. The molecular weight excluding hydrogens is 355 g/mol. The molecule has 1 atom stereocenters. The zero-order chi connectivity index (χ0) is 20.1. The molecule has 0 aromatic heterocycles. The molecule has 0 bridgehead atoms. The second kappa shape index (κ2) is 8.61. The fraction of sp³-hybridized carbons (Fsp3) is 0.167. The second-order valence-electron chi connectivity index (χ2n) is 6.81. The quantitative estimate of drug-likeness (QED) is 0.441. The summed E-state index contributed by atoms with van der Waals surface area (Å²) >= 11 is 0. The van der Waals surface area contributed by atoms with Crippen molar-refractivity contribution in [3.8, 4) is 0 Å². The van der Waals surface area contributed by atoms with Crippen molar-refractivity contribution < 1.29 is 18.7 Å². The Hall–Kier alpha value is -3.27. The number of hydrogen-bond acceptors (Lipinski definition) is 3. The summed E-state index contributed by atoms with van der Waals surface area (Å²) in [6.07, 6.45) is -1.07. The minimum atomic E-state index is -1.03. The van der Waals surface area contributed by atoms with Crippen LogP contribution < -0.4 is 0 Å². The lowest BCUT2D eigenvalue weighted by molar-refractivity contribution is -0.146. The van der Waals surface area contributed by atoms with E-state index in [0.717, 1.165) is 11.1 Å². The number of ether oxygens (including phenoxy) is 1. The summed E-state index contributed by atoms with van der Waals surface area (Å²) in [7, 11) is 0. The minimum absolute atomic E-state index is 0.0379. The molecule has 0 heterocycles. The van der Waals surface area contributed by atoms with Crippen LogP contribution in [-0.4, -0.2) is 11.8 Å². The van der Waals surface area contributed by atoms with Crippen molar-refractivity contribution in [2.45, 2.75) is 26.4 Å². The fourth-order valence-electron chi connectivity index (χ4n) is 2.83. The van der Waals surface area contributed by atoms with Gasteiger partial charge in [-0.2, -0.15) is 0 Å². The summed E-state index contributed by atoms with van der Waals surface area (Å²) in [6, 6.07) is 20.1. The average Bonchev–Trinajstić information content (AvgIpc) is 2.69. The summed E-state index contributed by atoms with van der Waals surface area (Å²) in [4.78, 5) is 25.5. The normalized spacial score (nSPS) is 11.7. The maximum Gasteiger partial charge on any atom is 0.311 e. The lowest BCUT2D eigenvalue weighted by Crippen LogP contribution is -2.21. The minimum Gasteiger partial charge on any atom is -0.449 e. The van der Waals surface area contributed by atoms with Crippen LogP contribution in [0.25, 0.3) is 0 Å². The largest absolute Gasteiger partial charge is 0.449 e. The van der Waals surface area contributed by atoms with Crippen LogP contribution >= 0.6 is 0 Å². The van der Waals surface area contributed by atoms with Crippen molar-refractivity contribution >= 4 is 11.8 Å². The van der Waals surface area contributed by atoms with Crippen molar-refractivity contribution in [2.75, 3.05) is 0 Å². The molecule has 0 N–H and O–H groups in total. The first-order valence-electron chi connectivity index (χ1n) is 9.04. The van der Waals surface area contributed by atoms with E-state index in [4.69, 9.17) is 4.74 Å². The van der Waals surface area contributed by atoms with Gasteiger partial charge in [0.2, 0.25) is 5.78 Å². The number of ketones is 1. The van der Waals surface area contributed by atoms with E-state index in [0.29, 0.717) is 16.7 Å². The van der Waals surface area contributed by atoms with Gasteiger partial charge in [0, 0.05) is 11.1 Å². The number of carbonyl (C=O) groups is 2. The average molecular weight is 376 g/mol. The van der Waals surface area contributed by atoms with Gasteiger partial charge >= 0.3 is 5.97 Å². The van der Waals surface area contributed by atoms with Gasteiger partial charge in [-0.05, 0) is 31.5 Å². The van der Waals surface area contributed by atoms with Crippen molar-refractivity contribution in [3.05, 3.63) is 106 Å². The highest BCUT2D eigenvalue weighted by molar-refractivity contribution is 6.01. The van der Waals surface area contributed by atoms with Crippen molar-refractivity contribution in [1.82, 2.24) is 0 Å². The number of halogens is 1. The molecule has 142 valence electrons. The van der Waals surface area contributed by atoms with Crippen LogP contribution in [0.1, 0.15) is 38.7 Å². The maximum atomic E-state index is 13.0. The van der Waals surface area contributed by atoms with E-state index in [-0.39, 0.29) is 18.0 Å². The number of Topliss-reactive ketones (excluding diaryl/α,β-unsaturated/α-hetero) is 1. The third-order valence-corrected chi connectivity index (χ3v) is 4.47. The van der Waals surface area contributed by atoms with Crippen LogP contribution in [0.4, 0.5) is 4.39 Å². The molecule has 3 nitrogen and oxygen atoms in total. The first-order valence-corrected chi connectivity index (χ1v) is 9.04. The molecule has 28 heavy (non-hydrogen) atoms. The molecule has 0 spiro atoms. The lowest BCUT2D eigenvalue weighted by atomic mass is 9.98. The first kappa shape index (κ1) is 19.5. The number of esters is 1. The second-order valence-corrected chi connectivity index (χ2v) is 6.81. The Morgan fingerprint density at radius 1 is 0.821 bits per heavy atom. The van der Waals surface area contributed by atoms with Gasteiger partial charge in [0.15, 0.2) is 6.10 Å². The van der Waals surface area contributed by atoms with Crippen LogP contribution in [0.2, 0.25) is 0 Å². The predicted octanol–water partition coefficient (Wildman–Crippen LogP) is 5.15. The van der Waals surface area contributed by atoms with E-state index < -0.39 is 12.1 Å². The number of hydrogen-bond donors (Lipinski definition) is 0. The van der Waals surface area contributed by atoms with Gasteiger partial charge in [-0.1, -0.05) is 71.8 Å². The van der Waals surface area contributed by atoms with E-state index in [1.165, 1.54) is 24.3 Å². The summed E-state index contributed by atoms with van der Waals surface area (Å²) in [5.41, 5.74) is 3.80. The maximum absolute atomic E-state index is 13.0. The van der Waals surface area contributed by atoms with Gasteiger partial charge in [-0.15, -0.1) is 0 Å². The van der Waals surface area contributed by atoms with Crippen LogP contribution in [0.5, 0.6) is 0 Å². The van der Waals surface area contributed by atoms with Gasteiger partial charge in [0.05, 0.1) is 6.42 Å². The van der Waals surface area contributed by atoms with E-state index in [9.17, 15) is 14.0 Å². The van der Waals surface area contributed by atoms with Crippen LogP contribution in [-0.2, 0) is 16.0 Å². The molecule has 0 amide bonds. The Kier molecular flexibility index (Phi) is 5.99. The number of rotatable bonds is 6. The molecule has 0 fully saturated rings. The molecule has 0 aliphatic rings. The fourth-order valence-corrected chi connectivity index (χ4v) is 2.83. The van der Waals surface area contributed by atoms with Crippen LogP contribution in [0, 0.1) is 19.7 Å². The highest BCUT2D eigenvalue weighted by atomic mass is 19.1. The summed E-state index contributed by atoms with van der Waals surface area (Å²) < 4.78 is 18.6. The summed E-state index contributed by atoms with van der Waals surface area (Å²) in [6.45, 7) is 3.88. The molecular formula is C24H21FO3. The number of carbonyl (C=O) groups excluding carboxylic acids is 2. The number of benzene rings is 3. The molecule has 0 radical (unpaired) electrons. The molecule has 3 rings (SSSR count). The predicted molar refractivity (Wildman–Crippen MR) is 106 cm³/mol. The van der Waals surface area contributed by atoms with E-state index >= 15 is 0 Å². The Balaban J connectivity index is 1.84. The molecule has 0 aliphatic heterocycles. The zero-order valence-corrected chi connectivity index (χ0v) is 15.8. The smallest absolute Gasteiger partial charge is 0.311 e. The monoisotopic (exact) mass is 376 g/mol. The van der Waals surface area contributed by atoms with E-state index in [1.54, 1.807) is 24.3 Å². The molecule has 0 saturated heterocycles. The van der Waals surface area contributed by atoms with Gasteiger partial charge in [0.1, 0.15) is 5.82 Å². The third-order valence-electron chi connectivity index (χ3n) is 4.47. The summed E-state index contributed by atoms with van der Waals surface area (Å²) in [5, 5.41) is 0.